The molecule has 0 aromatic heterocycles. The van der Waals surface area contributed by atoms with Crippen LogP contribution in [-0.4, -0.2) is 48.9 Å². The summed E-state index contributed by atoms with van der Waals surface area (Å²) in [5, 5.41) is 3.40. The van der Waals surface area contributed by atoms with Crippen molar-refractivity contribution in [3.8, 4) is 0 Å². The van der Waals surface area contributed by atoms with Crippen LogP contribution in [0.25, 0.3) is 0 Å². The van der Waals surface area contributed by atoms with Gasteiger partial charge in [-0.1, -0.05) is 42.5 Å². The second-order valence-corrected chi connectivity index (χ2v) is 7.29. The van der Waals surface area contributed by atoms with Gasteiger partial charge in [-0.3, -0.25) is 9.79 Å². The third-order valence-electron chi connectivity index (χ3n) is 5.13. The zero-order valence-electron chi connectivity index (χ0n) is 17.3. The predicted molar refractivity (Wildman–Crippen MR) is 130 cm³/mol. The van der Waals surface area contributed by atoms with E-state index in [1.54, 1.807) is 7.05 Å². The normalized spacial score (nSPS) is 14.1. The molecule has 0 unspecified atom stereocenters. The molecule has 0 aliphatic carbocycles. The number of hydrogen-bond acceptors (Lipinski definition) is 2. The van der Waals surface area contributed by atoms with Gasteiger partial charge in [0, 0.05) is 45.8 Å². The average Bonchev–Trinajstić information content (AvgIpc) is 2.75. The van der Waals surface area contributed by atoms with Gasteiger partial charge in [-0.2, -0.15) is 0 Å². The van der Waals surface area contributed by atoms with Crippen LogP contribution in [0.3, 0.4) is 0 Å². The molecule has 2 aromatic rings. The van der Waals surface area contributed by atoms with Crippen LogP contribution in [0.5, 0.6) is 0 Å². The Bertz CT molecular complexity index is 786. The van der Waals surface area contributed by atoms with Crippen molar-refractivity contribution in [2.45, 2.75) is 32.4 Å². The second-order valence-electron chi connectivity index (χ2n) is 7.29. The number of rotatable bonds is 5. The van der Waals surface area contributed by atoms with Gasteiger partial charge in [-0.05, 0) is 42.5 Å². The highest BCUT2D eigenvalue weighted by Crippen LogP contribution is 2.14. The Balaban J connectivity index is 0.00000300. The highest BCUT2D eigenvalue weighted by Gasteiger charge is 2.17. The molecule has 1 amide bonds. The lowest BCUT2D eigenvalue weighted by Crippen LogP contribution is -2.38. The number of carbonyl (C=O) groups is 1. The summed E-state index contributed by atoms with van der Waals surface area (Å²) in [4.78, 5) is 21.0. The lowest BCUT2D eigenvalue weighted by atomic mass is 10.1. The molecule has 0 spiro atoms. The Morgan fingerprint density at radius 1 is 1.00 bits per heavy atom. The molecule has 0 radical (unpaired) electrons. The predicted octanol–water partition coefficient (Wildman–Crippen LogP) is 4.14. The molecule has 3 rings (SSSR count). The van der Waals surface area contributed by atoms with Gasteiger partial charge in [-0.15, -0.1) is 24.0 Å². The summed E-state index contributed by atoms with van der Waals surface area (Å²) in [6, 6.07) is 18.3. The van der Waals surface area contributed by atoms with Gasteiger partial charge >= 0.3 is 0 Å². The van der Waals surface area contributed by atoms with E-state index in [0.29, 0.717) is 6.54 Å². The van der Waals surface area contributed by atoms with Crippen LogP contribution in [-0.2, 0) is 13.1 Å². The highest BCUT2D eigenvalue weighted by molar-refractivity contribution is 14.0. The molecular weight excluding hydrogens is 475 g/mol. The van der Waals surface area contributed by atoms with Gasteiger partial charge in [0.25, 0.3) is 5.91 Å². The standard InChI is InChI=1S/C23H30N4O.HI/c1-24-23(26(2)18-20-9-5-3-6-10-20)25-17-19-11-13-21(14-12-19)22(28)27-15-7-4-8-16-27;/h3,5-6,9-14H,4,7-8,15-18H2,1-2H3,(H,24,25);1H. The number of nitrogens with zero attached hydrogens (tertiary/aromatic N) is 3. The first-order valence-corrected chi connectivity index (χ1v) is 10.0. The molecule has 0 bridgehead atoms. The molecule has 156 valence electrons. The van der Waals surface area contributed by atoms with Gasteiger partial charge in [0.05, 0.1) is 0 Å². The fourth-order valence-electron chi connectivity index (χ4n) is 3.54. The summed E-state index contributed by atoms with van der Waals surface area (Å²) in [6.45, 7) is 3.23. The smallest absolute Gasteiger partial charge is 0.253 e. The first kappa shape index (κ1) is 23.2. The van der Waals surface area contributed by atoms with Gasteiger partial charge in [0.1, 0.15) is 0 Å². The van der Waals surface area contributed by atoms with Crippen LogP contribution in [0, 0.1) is 0 Å². The minimum atomic E-state index is 0. The van der Waals surface area contributed by atoms with E-state index in [-0.39, 0.29) is 29.9 Å². The van der Waals surface area contributed by atoms with Gasteiger partial charge in [-0.25, -0.2) is 0 Å². The van der Waals surface area contributed by atoms with E-state index >= 15 is 0 Å². The number of hydrogen-bond donors (Lipinski definition) is 1. The van der Waals surface area contributed by atoms with Crippen molar-refractivity contribution in [3.63, 3.8) is 0 Å². The lowest BCUT2D eigenvalue weighted by molar-refractivity contribution is 0.0724. The van der Waals surface area contributed by atoms with Gasteiger partial charge in [0.2, 0.25) is 0 Å². The first-order valence-electron chi connectivity index (χ1n) is 10.0. The van der Waals surface area contributed by atoms with Crippen molar-refractivity contribution < 1.29 is 4.79 Å². The minimum Gasteiger partial charge on any atom is -0.352 e. The number of aliphatic imine (C=N–C) groups is 1. The monoisotopic (exact) mass is 506 g/mol. The number of piperidine rings is 1. The molecular formula is C23H31IN4O. The van der Waals surface area contributed by atoms with Crippen LogP contribution in [0.4, 0.5) is 0 Å². The number of guanidine groups is 1. The molecule has 1 fully saturated rings. The van der Waals surface area contributed by atoms with E-state index < -0.39 is 0 Å². The number of carbonyl (C=O) groups excluding carboxylic acids is 1. The van der Waals surface area contributed by atoms with Crippen molar-refractivity contribution >= 4 is 35.8 Å². The zero-order chi connectivity index (χ0) is 19.8. The van der Waals surface area contributed by atoms with E-state index in [0.717, 1.165) is 49.6 Å². The summed E-state index contributed by atoms with van der Waals surface area (Å²) in [7, 11) is 3.83. The Labute approximate surface area is 191 Å². The number of likely N-dealkylation sites (tertiary alicyclic amines) is 1. The Morgan fingerprint density at radius 2 is 1.66 bits per heavy atom. The summed E-state index contributed by atoms with van der Waals surface area (Å²) >= 11 is 0. The third kappa shape index (κ3) is 6.73. The number of benzene rings is 2. The third-order valence-corrected chi connectivity index (χ3v) is 5.13. The first-order chi connectivity index (χ1) is 13.7. The van der Waals surface area contributed by atoms with Crippen LogP contribution >= 0.6 is 24.0 Å². The maximum atomic E-state index is 12.6. The van der Waals surface area contributed by atoms with Crippen molar-refractivity contribution in [2.75, 3.05) is 27.2 Å². The molecule has 1 heterocycles. The van der Waals surface area contributed by atoms with Crippen LogP contribution in [0.15, 0.2) is 59.6 Å². The molecule has 1 aliphatic rings. The Morgan fingerprint density at radius 3 is 2.28 bits per heavy atom. The SMILES string of the molecule is CN=C(NCc1ccc(C(=O)N2CCCCC2)cc1)N(C)Cc1ccccc1.I. The molecule has 1 N–H and O–H groups in total. The van der Waals surface area contributed by atoms with Crippen LogP contribution < -0.4 is 5.32 Å². The minimum absolute atomic E-state index is 0. The van der Waals surface area contributed by atoms with Crippen LogP contribution in [0.2, 0.25) is 0 Å². The maximum Gasteiger partial charge on any atom is 0.253 e. The molecule has 5 nitrogen and oxygen atoms in total. The van der Waals surface area contributed by atoms with Crippen molar-refractivity contribution in [3.05, 3.63) is 71.3 Å². The quantitative estimate of drug-likeness (QED) is 0.377. The summed E-state index contributed by atoms with van der Waals surface area (Å²) < 4.78 is 0. The Kier molecular flexibility index (Phi) is 9.44. The number of halogens is 1. The molecule has 29 heavy (non-hydrogen) atoms. The maximum absolute atomic E-state index is 12.6. The van der Waals surface area contributed by atoms with E-state index in [9.17, 15) is 4.79 Å². The molecule has 1 saturated heterocycles. The number of nitrogens with one attached hydrogen (secondary N) is 1. The molecule has 0 saturated carbocycles. The topological polar surface area (TPSA) is 47.9 Å². The molecule has 2 aromatic carbocycles. The summed E-state index contributed by atoms with van der Waals surface area (Å²) in [5.74, 6) is 0.995. The second kappa shape index (κ2) is 11.8. The molecule has 0 atom stereocenters. The van der Waals surface area contributed by atoms with Crippen molar-refractivity contribution in [2.24, 2.45) is 4.99 Å². The number of amides is 1. The average molecular weight is 506 g/mol. The van der Waals surface area contributed by atoms with Crippen molar-refractivity contribution in [1.82, 2.24) is 15.1 Å². The summed E-state index contributed by atoms with van der Waals surface area (Å²) in [6.07, 6.45) is 3.46. The lowest BCUT2D eigenvalue weighted by Gasteiger charge is -2.26. The fraction of sp³-hybridized carbons (Fsp3) is 0.391. The largest absolute Gasteiger partial charge is 0.352 e. The zero-order valence-corrected chi connectivity index (χ0v) is 19.6. The van der Waals surface area contributed by atoms with E-state index in [1.807, 2.05) is 54.4 Å². The van der Waals surface area contributed by atoms with Gasteiger partial charge in [0.15, 0.2) is 5.96 Å². The van der Waals surface area contributed by atoms with E-state index in [2.05, 4.69) is 27.3 Å². The van der Waals surface area contributed by atoms with Gasteiger partial charge < -0.3 is 15.1 Å². The summed E-state index contributed by atoms with van der Waals surface area (Å²) in [5.41, 5.74) is 3.15. The van der Waals surface area contributed by atoms with E-state index in [1.165, 1.54) is 12.0 Å². The Hall–Kier alpha value is -2.09. The molecule has 6 heteroatoms. The fourth-order valence-corrected chi connectivity index (χ4v) is 3.54. The van der Waals surface area contributed by atoms with E-state index in [4.69, 9.17) is 0 Å². The van der Waals surface area contributed by atoms with Crippen LogP contribution in [0.1, 0.15) is 40.7 Å². The molecule has 1 aliphatic heterocycles. The van der Waals surface area contributed by atoms with Crippen molar-refractivity contribution in [1.29, 1.82) is 0 Å². The highest BCUT2D eigenvalue weighted by atomic mass is 127.